The molecule has 0 spiro atoms. The van der Waals surface area contributed by atoms with Crippen molar-refractivity contribution >= 4 is 23.6 Å². The Hall–Kier alpha value is -1.50. The Morgan fingerprint density at radius 3 is 2.82 bits per heavy atom. The Kier molecular flexibility index (Phi) is 5.50. The van der Waals surface area contributed by atoms with E-state index in [-0.39, 0.29) is 24.3 Å². The van der Waals surface area contributed by atoms with Gasteiger partial charge in [0.15, 0.2) is 0 Å². The van der Waals surface area contributed by atoms with Gasteiger partial charge in [-0.2, -0.15) is 11.8 Å². The molecule has 2 heterocycles. The van der Waals surface area contributed by atoms with Gasteiger partial charge in [-0.1, -0.05) is 12.1 Å². The molecular formula is C15H22N2O4S. The van der Waals surface area contributed by atoms with E-state index in [4.69, 9.17) is 9.63 Å². The van der Waals surface area contributed by atoms with Crippen LogP contribution in [0.4, 0.5) is 0 Å². The topological polar surface area (TPSA) is 83.6 Å². The molecule has 0 saturated carbocycles. The molecule has 22 heavy (non-hydrogen) atoms. The van der Waals surface area contributed by atoms with Crippen LogP contribution in [-0.2, 0) is 9.59 Å². The summed E-state index contributed by atoms with van der Waals surface area (Å²) < 4.78 is 5.16. The van der Waals surface area contributed by atoms with Crippen molar-refractivity contribution in [1.29, 1.82) is 0 Å². The fourth-order valence-electron chi connectivity index (χ4n) is 3.03. The highest BCUT2D eigenvalue weighted by Crippen LogP contribution is 2.28. The number of hydrogen-bond donors (Lipinski definition) is 1. The first-order valence-corrected chi connectivity index (χ1v) is 8.57. The minimum Gasteiger partial charge on any atom is -0.481 e. The lowest BCUT2D eigenvalue weighted by atomic mass is 9.95. The summed E-state index contributed by atoms with van der Waals surface area (Å²) in [5, 5.41) is 12.9. The van der Waals surface area contributed by atoms with E-state index in [1.165, 1.54) is 0 Å². The molecule has 2 atom stereocenters. The number of aliphatic carboxylic acids is 1. The van der Waals surface area contributed by atoms with Crippen LogP contribution in [0.3, 0.4) is 0 Å². The highest BCUT2D eigenvalue weighted by atomic mass is 32.2. The molecule has 2 unspecified atom stereocenters. The van der Waals surface area contributed by atoms with E-state index in [1.54, 1.807) is 16.7 Å². The minimum atomic E-state index is -0.857. The van der Waals surface area contributed by atoms with Gasteiger partial charge in [-0.25, -0.2) is 0 Å². The lowest BCUT2D eigenvalue weighted by molar-refractivity contribution is -0.140. The number of amides is 1. The third kappa shape index (κ3) is 3.82. The maximum Gasteiger partial charge on any atom is 0.305 e. The molecule has 0 radical (unpaired) electrons. The molecule has 1 aliphatic heterocycles. The summed E-state index contributed by atoms with van der Waals surface area (Å²) in [6, 6.07) is -0.208. The van der Waals surface area contributed by atoms with Gasteiger partial charge >= 0.3 is 5.97 Å². The summed E-state index contributed by atoms with van der Waals surface area (Å²) in [7, 11) is 0. The average molecular weight is 326 g/mol. The van der Waals surface area contributed by atoms with Crippen molar-refractivity contribution in [1.82, 2.24) is 10.1 Å². The number of aryl methyl sites for hydroxylation is 2. The fourth-order valence-corrected chi connectivity index (χ4v) is 4.09. The number of carbonyl (C=O) groups is 2. The Bertz CT molecular complexity index is 538. The SMILES string of the molecule is Cc1noc(C)c1C(C)CC(=O)N1CCSCC1CC(=O)O. The summed E-state index contributed by atoms with van der Waals surface area (Å²) in [6.07, 6.45) is 0.363. The molecule has 6 nitrogen and oxygen atoms in total. The number of carbonyl (C=O) groups excluding carboxylic acids is 1. The second-order valence-corrected chi connectivity index (χ2v) is 6.91. The quantitative estimate of drug-likeness (QED) is 0.893. The molecule has 1 fully saturated rings. The predicted molar refractivity (Wildman–Crippen MR) is 84.1 cm³/mol. The van der Waals surface area contributed by atoms with Crippen LogP contribution in [0.2, 0.25) is 0 Å². The fraction of sp³-hybridized carbons (Fsp3) is 0.667. The second kappa shape index (κ2) is 7.17. The van der Waals surface area contributed by atoms with Crippen LogP contribution in [0.1, 0.15) is 42.7 Å². The van der Waals surface area contributed by atoms with Crippen molar-refractivity contribution < 1.29 is 19.2 Å². The molecule has 2 rings (SSSR count). The molecule has 1 aromatic rings. The summed E-state index contributed by atoms with van der Waals surface area (Å²) in [5.41, 5.74) is 1.80. The smallest absolute Gasteiger partial charge is 0.305 e. The number of thioether (sulfide) groups is 1. The van der Waals surface area contributed by atoms with Gasteiger partial charge in [0.05, 0.1) is 18.2 Å². The van der Waals surface area contributed by atoms with Gasteiger partial charge in [0.25, 0.3) is 0 Å². The molecule has 0 aromatic carbocycles. The van der Waals surface area contributed by atoms with Crippen molar-refractivity contribution in [2.45, 2.75) is 45.6 Å². The Morgan fingerprint density at radius 2 is 2.23 bits per heavy atom. The largest absolute Gasteiger partial charge is 0.481 e. The van der Waals surface area contributed by atoms with E-state index < -0.39 is 5.97 Å². The zero-order valence-corrected chi connectivity index (χ0v) is 14.0. The zero-order chi connectivity index (χ0) is 16.3. The first-order valence-electron chi connectivity index (χ1n) is 7.42. The van der Waals surface area contributed by atoms with Crippen LogP contribution in [0.15, 0.2) is 4.52 Å². The summed E-state index contributed by atoms with van der Waals surface area (Å²) in [6.45, 7) is 6.32. The van der Waals surface area contributed by atoms with Crippen LogP contribution in [0.25, 0.3) is 0 Å². The van der Waals surface area contributed by atoms with Crippen molar-refractivity contribution in [3.63, 3.8) is 0 Å². The van der Waals surface area contributed by atoms with Crippen molar-refractivity contribution in [3.8, 4) is 0 Å². The maximum atomic E-state index is 12.6. The third-order valence-electron chi connectivity index (χ3n) is 4.02. The van der Waals surface area contributed by atoms with Gasteiger partial charge in [-0.3, -0.25) is 9.59 Å². The van der Waals surface area contributed by atoms with Crippen molar-refractivity contribution in [2.24, 2.45) is 0 Å². The van der Waals surface area contributed by atoms with Crippen LogP contribution >= 0.6 is 11.8 Å². The monoisotopic (exact) mass is 326 g/mol. The van der Waals surface area contributed by atoms with Gasteiger partial charge in [-0.15, -0.1) is 0 Å². The highest BCUT2D eigenvalue weighted by molar-refractivity contribution is 7.99. The van der Waals surface area contributed by atoms with Gasteiger partial charge in [0.1, 0.15) is 5.76 Å². The highest BCUT2D eigenvalue weighted by Gasteiger charge is 2.30. The van der Waals surface area contributed by atoms with Gasteiger partial charge < -0.3 is 14.5 Å². The van der Waals surface area contributed by atoms with Crippen LogP contribution in [0.5, 0.6) is 0 Å². The first-order chi connectivity index (χ1) is 10.4. The Morgan fingerprint density at radius 1 is 1.50 bits per heavy atom. The summed E-state index contributed by atoms with van der Waals surface area (Å²) in [4.78, 5) is 25.3. The van der Waals surface area contributed by atoms with E-state index in [2.05, 4.69) is 5.16 Å². The number of carboxylic acids is 1. The molecule has 1 aromatic heterocycles. The van der Waals surface area contributed by atoms with E-state index in [9.17, 15) is 9.59 Å². The van der Waals surface area contributed by atoms with Crippen LogP contribution in [-0.4, -0.2) is 51.1 Å². The number of rotatable bonds is 5. The third-order valence-corrected chi connectivity index (χ3v) is 5.11. The van der Waals surface area contributed by atoms with E-state index in [1.807, 2.05) is 20.8 Å². The molecule has 1 amide bonds. The molecule has 0 aliphatic carbocycles. The molecule has 1 aliphatic rings. The summed E-state index contributed by atoms with van der Waals surface area (Å²) in [5.74, 6) is 1.47. The lowest BCUT2D eigenvalue weighted by Gasteiger charge is -2.35. The van der Waals surface area contributed by atoms with Gasteiger partial charge in [0.2, 0.25) is 5.91 Å². The minimum absolute atomic E-state index is 0.0123. The van der Waals surface area contributed by atoms with Crippen molar-refractivity contribution in [3.05, 3.63) is 17.0 Å². The lowest BCUT2D eigenvalue weighted by Crippen LogP contribution is -2.47. The first kappa shape index (κ1) is 16.9. The molecule has 1 N–H and O–H groups in total. The molecular weight excluding hydrogens is 304 g/mol. The van der Waals surface area contributed by atoms with Gasteiger partial charge in [-0.05, 0) is 19.8 Å². The summed E-state index contributed by atoms with van der Waals surface area (Å²) >= 11 is 1.71. The normalized spacial score (nSPS) is 20.0. The van der Waals surface area contributed by atoms with Crippen molar-refractivity contribution in [2.75, 3.05) is 18.1 Å². The number of hydrogen-bond acceptors (Lipinski definition) is 5. The van der Waals surface area contributed by atoms with E-state index in [0.717, 1.165) is 22.8 Å². The standard InChI is InChI=1S/C15H22N2O4S/c1-9(15-10(2)16-21-11(15)3)6-13(18)17-4-5-22-8-12(17)7-14(19)20/h9,12H,4-8H2,1-3H3,(H,19,20). The molecule has 122 valence electrons. The number of nitrogens with zero attached hydrogens (tertiary/aromatic N) is 2. The van der Waals surface area contributed by atoms with Crippen LogP contribution in [0, 0.1) is 13.8 Å². The van der Waals surface area contributed by atoms with Gasteiger partial charge in [0, 0.05) is 30.0 Å². The molecule has 1 saturated heterocycles. The van der Waals surface area contributed by atoms with Crippen LogP contribution < -0.4 is 0 Å². The number of aromatic nitrogens is 1. The molecule has 7 heteroatoms. The van der Waals surface area contributed by atoms with E-state index >= 15 is 0 Å². The molecule has 0 bridgehead atoms. The Labute approximate surface area is 134 Å². The number of carboxylic acid groups (broad SMARTS) is 1. The zero-order valence-electron chi connectivity index (χ0n) is 13.2. The second-order valence-electron chi connectivity index (χ2n) is 5.76. The van der Waals surface area contributed by atoms with E-state index in [0.29, 0.717) is 18.7 Å². The Balaban J connectivity index is 2.05. The predicted octanol–water partition coefficient (Wildman–Crippen LogP) is 2.20. The maximum absolute atomic E-state index is 12.6. The average Bonchev–Trinajstić information content (AvgIpc) is 2.78.